The van der Waals surface area contributed by atoms with Crippen LogP contribution in [0.1, 0.15) is 19.4 Å². The molecule has 0 fully saturated rings. The second kappa shape index (κ2) is 6.28. The van der Waals surface area contributed by atoms with E-state index in [1.165, 1.54) is 11.8 Å². The Morgan fingerprint density at radius 1 is 1.29 bits per heavy atom. The van der Waals surface area contributed by atoms with Gasteiger partial charge in [-0.25, -0.2) is 9.97 Å². The maximum absolute atomic E-state index is 5.32. The van der Waals surface area contributed by atoms with E-state index in [1.807, 2.05) is 18.2 Å². The molecule has 3 aromatic rings. The molecule has 0 atom stereocenters. The minimum Gasteiger partial charge on any atom is -0.440 e. The molecule has 0 amide bonds. The van der Waals surface area contributed by atoms with Crippen LogP contribution in [0.3, 0.4) is 0 Å². The summed E-state index contributed by atoms with van der Waals surface area (Å²) in [6.45, 7) is 5.04. The lowest BCUT2D eigenvalue weighted by Gasteiger charge is -2.12. The van der Waals surface area contributed by atoms with Crippen LogP contribution in [0.5, 0.6) is 0 Å². The molecule has 5 heteroatoms. The van der Waals surface area contributed by atoms with E-state index in [4.69, 9.17) is 9.40 Å². The molecule has 0 aliphatic carbocycles. The molecule has 4 nitrogen and oxygen atoms in total. The van der Waals surface area contributed by atoms with E-state index in [0.29, 0.717) is 11.3 Å². The van der Waals surface area contributed by atoms with Crippen LogP contribution in [0.25, 0.3) is 10.9 Å². The van der Waals surface area contributed by atoms with Crippen molar-refractivity contribution in [2.24, 2.45) is 0 Å². The molecule has 21 heavy (non-hydrogen) atoms. The fourth-order valence-electron chi connectivity index (χ4n) is 2.01. The number of oxazole rings is 1. The Kier molecular flexibility index (Phi) is 4.22. The number of nitrogens with one attached hydrogen (secondary N) is 1. The molecule has 2 heterocycles. The van der Waals surface area contributed by atoms with Crippen molar-refractivity contribution in [3.05, 3.63) is 48.4 Å². The van der Waals surface area contributed by atoms with E-state index >= 15 is 0 Å². The first-order chi connectivity index (χ1) is 10.2. The fourth-order valence-corrected chi connectivity index (χ4v) is 2.80. The summed E-state index contributed by atoms with van der Waals surface area (Å²) >= 11 is 1.46. The van der Waals surface area contributed by atoms with Gasteiger partial charge in [0.15, 0.2) is 0 Å². The molecule has 0 saturated carbocycles. The molecule has 0 saturated heterocycles. The monoisotopic (exact) mass is 299 g/mol. The van der Waals surface area contributed by atoms with E-state index in [0.717, 1.165) is 28.0 Å². The van der Waals surface area contributed by atoms with Crippen molar-refractivity contribution in [1.29, 1.82) is 0 Å². The number of pyridine rings is 1. The molecular formula is C16H17N3OS. The van der Waals surface area contributed by atoms with Gasteiger partial charge >= 0.3 is 0 Å². The summed E-state index contributed by atoms with van der Waals surface area (Å²) in [5.41, 5.74) is 2.14. The van der Waals surface area contributed by atoms with E-state index in [9.17, 15) is 0 Å². The standard InChI is InChI=1S/C16H17N3OS/c1-11(2)18-10-13-9-12-5-3-4-6-14(12)19-15(13)21-16-17-7-8-20-16/h3-9,11,18H,10H2,1-2H3. The Hall–Kier alpha value is -1.85. The minimum atomic E-state index is 0.427. The highest BCUT2D eigenvalue weighted by Crippen LogP contribution is 2.30. The quantitative estimate of drug-likeness (QED) is 0.775. The van der Waals surface area contributed by atoms with E-state index in [-0.39, 0.29) is 0 Å². The van der Waals surface area contributed by atoms with Crippen LogP contribution in [0.15, 0.2) is 57.5 Å². The van der Waals surface area contributed by atoms with E-state index in [2.05, 4.69) is 36.3 Å². The Labute approximate surface area is 128 Å². The molecule has 0 bridgehead atoms. The number of benzene rings is 1. The lowest BCUT2D eigenvalue weighted by atomic mass is 10.1. The van der Waals surface area contributed by atoms with Gasteiger partial charge in [0.2, 0.25) is 0 Å². The molecule has 1 aromatic carbocycles. The third kappa shape index (κ3) is 3.43. The van der Waals surface area contributed by atoms with Crippen LogP contribution in [0.4, 0.5) is 0 Å². The average molecular weight is 299 g/mol. The van der Waals surface area contributed by atoms with Crippen molar-refractivity contribution in [2.75, 3.05) is 0 Å². The first-order valence-corrected chi connectivity index (χ1v) is 7.73. The average Bonchev–Trinajstić information content (AvgIpc) is 2.98. The summed E-state index contributed by atoms with van der Waals surface area (Å²) in [5.74, 6) is 0. The van der Waals surface area contributed by atoms with Crippen molar-refractivity contribution < 1.29 is 4.42 Å². The highest BCUT2D eigenvalue weighted by atomic mass is 32.2. The SMILES string of the molecule is CC(C)NCc1cc2ccccc2nc1Sc1ncco1. The summed E-state index contributed by atoms with van der Waals surface area (Å²) in [7, 11) is 0. The highest BCUT2D eigenvalue weighted by molar-refractivity contribution is 7.99. The largest absolute Gasteiger partial charge is 0.440 e. The lowest BCUT2D eigenvalue weighted by molar-refractivity contribution is 0.453. The van der Waals surface area contributed by atoms with Gasteiger partial charge in [-0.1, -0.05) is 32.0 Å². The van der Waals surface area contributed by atoms with E-state index in [1.54, 1.807) is 12.5 Å². The number of nitrogens with zero attached hydrogens (tertiary/aromatic N) is 2. The van der Waals surface area contributed by atoms with Crippen molar-refractivity contribution in [3.8, 4) is 0 Å². The van der Waals surface area contributed by atoms with Gasteiger partial charge in [0.1, 0.15) is 11.3 Å². The van der Waals surface area contributed by atoms with Crippen LogP contribution in [0, 0.1) is 0 Å². The molecule has 0 aliphatic heterocycles. The predicted molar refractivity (Wildman–Crippen MR) is 84.3 cm³/mol. The van der Waals surface area contributed by atoms with Gasteiger partial charge in [-0.05, 0) is 29.5 Å². The molecule has 0 spiro atoms. The molecule has 0 radical (unpaired) electrons. The van der Waals surface area contributed by atoms with Crippen LogP contribution < -0.4 is 5.32 Å². The zero-order valence-corrected chi connectivity index (χ0v) is 12.9. The molecule has 108 valence electrons. The van der Waals surface area contributed by atoms with Crippen molar-refractivity contribution in [3.63, 3.8) is 0 Å². The van der Waals surface area contributed by atoms with Crippen molar-refractivity contribution in [1.82, 2.24) is 15.3 Å². The molecule has 1 N–H and O–H groups in total. The van der Waals surface area contributed by atoms with E-state index < -0.39 is 0 Å². The minimum absolute atomic E-state index is 0.427. The summed E-state index contributed by atoms with van der Waals surface area (Å²) in [5, 5.41) is 6.14. The van der Waals surface area contributed by atoms with Crippen LogP contribution in [-0.2, 0) is 6.54 Å². The molecule has 0 unspecified atom stereocenters. The molecule has 2 aromatic heterocycles. The Balaban J connectivity index is 1.99. The summed E-state index contributed by atoms with van der Waals surface area (Å²) in [4.78, 5) is 8.91. The number of hydrogen-bond donors (Lipinski definition) is 1. The first kappa shape index (κ1) is 14.1. The van der Waals surface area contributed by atoms with Gasteiger partial charge in [-0.2, -0.15) is 0 Å². The lowest BCUT2D eigenvalue weighted by Crippen LogP contribution is -2.22. The van der Waals surface area contributed by atoms with Gasteiger partial charge in [0.05, 0.1) is 11.7 Å². The van der Waals surface area contributed by atoms with Gasteiger partial charge in [0.25, 0.3) is 5.22 Å². The maximum Gasteiger partial charge on any atom is 0.261 e. The Morgan fingerprint density at radius 3 is 2.90 bits per heavy atom. The zero-order chi connectivity index (χ0) is 14.7. The van der Waals surface area contributed by atoms with Crippen LogP contribution in [-0.4, -0.2) is 16.0 Å². The molecule has 3 rings (SSSR count). The number of hydrogen-bond acceptors (Lipinski definition) is 5. The maximum atomic E-state index is 5.32. The van der Waals surface area contributed by atoms with Gasteiger partial charge in [-0.15, -0.1) is 0 Å². The smallest absolute Gasteiger partial charge is 0.261 e. The first-order valence-electron chi connectivity index (χ1n) is 6.92. The normalized spacial score (nSPS) is 11.4. The van der Waals surface area contributed by atoms with Crippen LogP contribution in [0.2, 0.25) is 0 Å². The summed E-state index contributed by atoms with van der Waals surface area (Å²) in [6.07, 6.45) is 3.23. The van der Waals surface area contributed by atoms with Crippen LogP contribution >= 0.6 is 11.8 Å². The second-order valence-corrected chi connectivity index (χ2v) is 6.02. The predicted octanol–water partition coefficient (Wildman–Crippen LogP) is 3.87. The Bertz CT molecular complexity index is 725. The van der Waals surface area contributed by atoms with Gasteiger partial charge < -0.3 is 9.73 Å². The number of aromatic nitrogens is 2. The van der Waals surface area contributed by atoms with Crippen molar-refractivity contribution >= 4 is 22.7 Å². The second-order valence-electron chi connectivity index (χ2n) is 5.08. The number of fused-ring (bicyclic) bond motifs is 1. The third-order valence-electron chi connectivity index (χ3n) is 3.06. The molecular weight excluding hydrogens is 282 g/mol. The number of rotatable bonds is 5. The Morgan fingerprint density at radius 2 is 2.14 bits per heavy atom. The third-order valence-corrected chi connectivity index (χ3v) is 3.98. The van der Waals surface area contributed by atoms with Crippen molar-refractivity contribution in [2.45, 2.75) is 36.7 Å². The highest BCUT2D eigenvalue weighted by Gasteiger charge is 2.11. The summed E-state index contributed by atoms with van der Waals surface area (Å²) < 4.78 is 5.32. The number of para-hydroxylation sites is 1. The fraction of sp³-hybridized carbons (Fsp3) is 0.250. The topological polar surface area (TPSA) is 51.0 Å². The molecule has 0 aliphatic rings. The van der Waals surface area contributed by atoms with Gasteiger partial charge in [-0.3, -0.25) is 0 Å². The van der Waals surface area contributed by atoms with Gasteiger partial charge in [0, 0.05) is 18.0 Å². The summed E-state index contributed by atoms with van der Waals surface area (Å²) in [6, 6.07) is 10.8. The zero-order valence-electron chi connectivity index (χ0n) is 12.0.